The summed E-state index contributed by atoms with van der Waals surface area (Å²) in [6, 6.07) is 13.7. The van der Waals surface area contributed by atoms with E-state index in [1.807, 2.05) is 22.1 Å². The molecule has 3 nitrogen and oxygen atoms in total. The van der Waals surface area contributed by atoms with E-state index in [1.54, 1.807) is 24.3 Å². The molecule has 0 spiro atoms. The minimum atomic E-state index is -0.264. The molecule has 1 N–H and O–H groups in total. The Morgan fingerprint density at radius 2 is 1.96 bits per heavy atom. The van der Waals surface area contributed by atoms with E-state index in [0.29, 0.717) is 18.0 Å². The lowest BCUT2D eigenvalue weighted by molar-refractivity contribution is 0.279. The zero-order chi connectivity index (χ0) is 16.9. The van der Waals surface area contributed by atoms with Crippen LogP contribution in [0.4, 0.5) is 10.1 Å². The highest BCUT2D eigenvalue weighted by Crippen LogP contribution is 2.22. The second-order valence-electron chi connectivity index (χ2n) is 5.23. The van der Waals surface area contributed by atoms with Gasteiger partial charge in [-0.15, -0.1) is 11.3 Å². The van der Waals surface area contributed by atoms with Gasteiger partial charge in [0.05, 0.1) is 11.4 Å². The van der Waals surface area contributed by atoms with E-state index < -0.39 is 0 Å². The Bertz CT molecular complexity index is 887. The number of aliphatic hydroxyl groups is 1. The van der Waals surface area contributed by atoms with Crippen molar-refractivity contribution in [1.29, 1.82) is 0 Å². The molecule has 0 saturated heterocycles. The molecular weight excluding hydrogens is 347 g/mol. The first-order valence-corrected chi connectivity index (χ1v) is 8.78. The predicted octanol–water partition coefficient (Wildman–Crippen LogP) is 4.62. The topological polar surface area (TPSA) is 37.5 Å². The zero-order valence-corrected chi connectivity index (χ0v) is 14.4. The van der Waals surface area contributed by atoms with Crippen molar-refractivity contribution in [2.24, 2.45) is 4.99 Å². The van der Waals surface area contributed by atoms with Crippen molar-refractivity contribution >= 4 is 28.6 Å². The first-order valence-electron chi connectivity index (χ1n) is 7.53. The lowest BCUT2D eigenvalue weighted by Crippen LogP contribution is -2.16. The van der Waals surface area contributed by atoms with Gasteiger partial charge in [-0.1, -0.05) is 17.7 Å². The molecule has 0 amide bonds. The lowest BCUT2D eigenvalue weighted by atomic mass is 10.1. The molecular formula is C18H16ClFN2OS. The summed E-state index contributed by atoms with van der Waals surface area (Å²) in [5.74, 6) is -0.264. The molecule has 3 rings (SSSR count). The summed E-state index contributed by atoms with van der Waals surface area (Å²) in [5.41, 5.74) is 2.64. The van der Waals surface area contributed by atoms with Crippen LogP contribution < -0.4 is 4.80 Å². The number of aromatic nitrogens is 1. The molecule has 0 saturated carbocycles. The first kappa shape index (κ1) is 16.9. The van der Waals surface area contributed by atoms with Gasteiger partial charge in [0.25, 0.3) is 0 Å². The van der Waals surface area contributed by atoms with Crippen LogP contribution in [-0.2, 0) is 6.54 Å². The fourth-order valence-electron chi connectivity index (χ4n) is 2.37. The Kier molecular flexibility index (Phi) is 5.45. The normalized spacial score (nSPS) is 11.9. The van der Waals surface area contributed by atoms with E-state index >= 15 is 0 Å². The average molecular weight is 363 g/mol. The molecule has 0 fully saturated rings. The highest BCUT2D eigenvalue weighted by atomic mass is 35.5. The molecule has 0 aliphatic carbocycles. The minimum Gasteiger partial charge on any atom is -0.396 e. The van der Waals surface area contributed by atoms with Crippen molar-refractivity contribution in [3.05, 3.63) is 69.6 Å². The van der Waals surface area contributed by atoms with Gasteiger partial charge in [-0.05, 0) is 54.4 Å². The lowest BCUT2D eigenvalue weighted by Gasteiger charge is -2.08. The molecule has 2 aromatic carbocycles. The van der Waals surface area contributed by atoms with Crippen molar-refractivity contribution in [3.63, 3.8) is 0 Å². The van der Waals surface area contributed by atoms with E-state index in [0.717, 1.165) is 21.7 Å². The van der Waals surface area contributed by atoms with Crippen molar-refractivity contribution < 1.29 is 9.50 Å². The van der Waals surface area contributed by atoms with Gasteiger partial charge in [0.1, 0.15) is 5.82 Å². The maximum atomic E-state index is 13.2. The van der Waals surface area contributed by atoms with E-state index in [1.165, 1.54) is 23.5 Å². The molecule has 0 bridgehead atoms. The van der Waals surface area contributed by atoms with E-state index in [2.05, 4.69) is 4.99 Å². The molecule has 124 valence electrons. The van der Waals surface area contributed by atoms with Crippen LogP contribution in [0.3, 0.4) is 0 Å². The van der Waals surface area contributed by atoms with Crippen LogP contribution in [0.15, 0.2) is 58.9 Å². The fraction of sp³-hybridized carbons (Fsp3) is 0.167. The van der Waals surface area contributed by atoms with Gasteiger partial charge in [0.2, 0.25) is 0 Å². The third-order valence-electron chi connectivity index (χ3n) is 3.51. The molecule has 6 heteroatoms. The quantitative estimate of drug-likeness (QED) is 0.706. The van der Waals surface area contributed by atoms with Gasteiger partial charge in [-0.2, -0.15) is 0 Å². The summed E-state index contributed by atoms with van der Waals surface area (Å²) in [7, 11) is 0. The third kappa shape index (κ3) is 3.93. The van der Waals surface area contributed by atoms with Crippen LogP contribution in [-0.4, -0.2) is 16.3 Å². The van der Waals surface area contributed by atoms with Gasteiger partial charge >= 0.3 is 0 Å². The third-order valence-corrected chi connectivity index (χ3v) is 4.61. The van der Waals surface area contributed by atoms with Crippen molar-refractivity contribution in [2.75, 3.05) is 6.61 Å². The van der Waals surface area contributed by atoms with Crippen LogP contribution in [0.25, 0.3) is 11.3 Å². The molecule has 1 heterocycles. The average Bonchev–Trinajstić information content (AvgIpc) is 2.96. The summed E-state index contributed by atoms with van der Waals surface area (Å²) in [5, 5.41) is 11.8. The maximum Gasteiger partial charge on any atom is 0.190 e. The Hall–Kier alpha value is -1.95. The van der Waals surface area contributed by atoms with Gasteiger partial charge < -0.3 is 9.67 Å². The molecule has 1 aromatic heterocycles. The maximum absolute atomic E-state index is 13.2. The summed E-state index contributed by atoms with van der Waals surface area (Å²) >= 11 is 7.52. The van der Waals surface area contributed by atoms with Gasteiger partial charge in [0.15, 0.2) is 4.80 Å². The number of hydrogen-bond acceptors (Lipinski definition) is 3. The second kappa shape index (κ2) is 7.75. The van der Waals surface area contributed by atoms with Crippen molar-refractivity contribution in [3.8, 4) is 11.3 Å². The van der Waals surface area contributed by atoms with Crippen LogP contribution in [0.2, 0.25) is 5.02 Å². The van der Waals surface area contributed by atoms with Crippen LogP contribution in [0, 0.1) is 5.82 Å². The molecule has 0 atom stereocenters. The number of halogens is 2. The number of nitrogens with zero attached hydrogens (tertiary/aromatic N) is 2. The number of hydrogen-bond donors (Lipinski definition) is 1. The Labute approximate surface area is 148 Å². The molecule has 0 aliphatic rings. The monoisotopic (exact) mass is 362 g/mol. The van der Waals surface area contributed by atoms with Crippen LogP contribution in [0.1, 0.15) is 6.42 Å². The Balaban J connectivity index is 2.08. The first-order chi connectivity index (χ1) is 11.7. The number of thiazole rings is 1. The Morgan fingerprint density at radius 3 is 2.67 bits per heavy atom. The van der Waals surface area contributed by atoms with Gasteiger partial charge in [-0.3, -0.25) is 0 Å². The van der Waals surface area contributed by atoms with Gasteiger partial charge in [0, 0.05) is 23.6 Å². The van der Waals surface area contributed by atoms with Crippen molar-refractivity contribution in [1.82, 2.24) is 4.57 Å². The van der Waals surface area contributed by atoms with E-state index in [4.69, 9.17) is 11.6 Å². The summed E-state index contributed by atoms with van der Waals surface area (Å²) < 4.78 is 15.2. The number of benzene rings is 2. The highest BCUT2D eigenvalue weighted by molar-refractivity contribution is 7.07. The second-order valence-corrected chi connectivity index (χ2v) is 6.50. The van der Waals surface area contributed by atoms with Crippen molar-refractivity contribution in [2.45, 2.75) is 13.0 Å². The van der Waals surface area contributed by atoms with E-state index in [9.17, 15) is 9.50 Å². The molecule has 0 radical (unpaired) electrons. The number of aliphatic hydroxyl groups excluding tert-OH is 1. The molecule has 0 aliphatic heterocycles. The SMILES string of the molecule is OCCCn1c(-c2ccc(F)cc2)csc1=Nc1cccc(Cl)c1. The zero-order valence-electron chi connectivity index (χ0n) is 12.8. The Morgan fingerprint density at radius 1 is 1.17 bits per heavy atom. The van der Waals surface area contributed by atoms with E-state index in [-0.39, 0.29) is 12.4 Å². The molecule has 24 heavy (non-hydrogen) atoms. The molecule has 3 aromatic rings. The summed E-state index contributed by atoms with van der Waals surface area (Å²) in [4.78, 5) is 5.47. The van der Waals surface area contributed by atoms with Crippen LogP contribution >= 0.6 is 22.9 Å². The summed E-state index contributed by atoms with van der Waals surface area (Å²) in [6.07, 6.45) is 0.619. The van der Waals surface area contributed by atoms with Crippen LogP contribution in [0.5, 0.6) is 0 Å². The predicted molar refractivity (Wildman–Crippen MR) is 96.1 cm³/mol. The number of rotatable bonds is 5. The fourth-order valence-corrected chi connectivity index (χ4v) is 3.51. The summed E-state index contributed by atoms with van der Waals surface area (Å²) in [6.45, 7) is 0.731. The minimum absolute atomic E-state index is 0.0995. The smallest absolute Gasteiger partial charge is 0.190 e. The largest absolute Gasteiger partial charge is 0.396 e. The molecule has 0 unspecified atom stereocenters. The highest BCUT2D eigenvalue weighted by Gasteiger charge is 2.08. The van der Waals surface area contributed by atoms with Gasteiger partial charge in [-0.25, -0.2) is 9.38 Å². The standard InChI is InChI=1S/C18H16ClFN2OS/c19-14-3-1-4-16(11-14)21-18-22(9-2-10-23)17(12-24-18)13-5-7-15(20)8-6-13/h1,3-8,11-12,23H,2,9-10H2.